The number of rotatable bonds is 6. The lowest BCUT2D eigenvalue weighted by Gasteiger charge is -2.13. The molecule has 0 heterocycles. The van der Waals surface area contributed by atoms with Crippen molar-refractivity contribution in [2.75, 3.05) is 5.32 Å². The number of carbonyl (C=O) groups is 2. The highest BCUT2D eigenvalue weighted by Gasteiger charge is 2.09. The standard InChI is InChI=1S/C17H21NO3/c19-16(12-13-5-2-1-3-6-13)18-15-8-4-7-14(11-15)9-10-17(20)21/h4-5,7-8,11H,1-3,6,9-10,12H2,(H,18,19)(H,20,21). The van der Waals surface area contributed by atoms with Crippen molar-refractivity contribution in [1.29, 1.82) is 0 Å². The summed E-state index contributed by atoms with van der Waals surface area (Å²) in [6.07, 6.45) is 7.69. The molecular formula is C17H21NO3. The topological polar surface area (TPSA) is 66.4 Å². The molecule has 21 heavy (non-hydrogen) atoms. The van der Waals surface area contributed by atoms with Gasteiger partial charge in [0, 0.05) is 18.5 Å². The van der Waals surface area contributed by atoms with Gasteiger partial charge in [-0.05, 0) is 49.8 Å². The summed E-state index contributed by atoms with van der Waals surface area (Å²) in [5.74, 6) is -0.813. The van der Waals surface area contributed by atoms with Gasteiger partial charge in [-0.25, -0.2) is 0 Å². The molecule has 0 aromatic heterocycles. The van der Waals surface area contributed by atoms with E-state index in [1.165, 1.54) is 18.4 Å². The summed E-state index contributed by atoms with van der Waals surface area (Å²) < 4.78 is 0. The van der Waals surface area contributed by atoms with E-state index in [-0.39, 0.29) is 12.3 Å². The molecule has 0 aliphatic heterocycles. The second kappa shape index (κ2) is 7.62. The number of anilines is 1. The van der Waals surface area contributed by atoms with Crippen molar-refractivity contribution >= 4 is 17.6 Å². The largest absolute Gasteiger partial charge is 0.481 e. The normalized spacial score (nSPS) is 14.4. The van der Waals surface area contributed by atoms with E-state index in [1.54, 1.807) is 0 Å². The van der Waals surface area contributed by atoms with E-state index >= 15 is 0 Å². The molecule has 1 amide bonds. The second-order valence-corrected chi connectivity index (χ2v) is 5.43. The summed E-state index contributed by atoms with van der Waals surface area (Å²) in [6.45, 7) is 0. The number of hydrogen-bond donors (Lipinski definition) is 2. The smallest absolute Gasteiger partial charge is 0.303 e. The van der Waals surface area contributed by atoms with Crippen LogP contribution in [0.1, 0.15) is 44.1 Å². The van der Waals surface area contributed by atoms with E-state index in [9.17, 15) is 9.59 Å². The Morgan fingerprint density at radius 3 is 2.81 bits per heavy atom. The van der Waals surface area contributed by atoms with E-state index in [0.717, 1.165) is 24.1 Å². The molecule has 112 valence electrons. The van der Waals surface area contributed by atoms with Crippen molar-refractivity contribution in [3.05, 3.63) is 41.5 Å². The highest BCUT2D eigenvalue weighted by Crippen LogP contribution is 2.21. The van der Waals surface area contributed by atoms with Crippen molar-refractivity contribution in [3.8, 4) is 0 Å². The maximum absolute atomic E-state index is 12.0. The number of nitrogens with one attached hydrogen (secondary N) is 1. The van der Waals surface area contributed by atoms with E-state index in [0.29, 0.717) is 12.8 Å². The van der Waals surface area contributed by atoms with E-state index < -0.39 is 5.97 Å². The molecule has 0 radical (unpaired) electrons. The molecule has 0 bridgehead atoms. The lowest BCUT2D eigenvalue weighted by molar-refractivity contribution is -0.137. The van der Waals surface area contributed by atoms with Crippen LogP contribution in [0.3, 0.4) is 0 Å². The molecule has 0 spiro atoms. The number of aryl methyl sites for hydroxylation is 1. The van der Waals surface area contributed by atoms with Gasteiger partial charge < -0.3 is 10.4 Å². The number of amides is 1. The Morgan fingerprint density at radius 2 is 2.10 bits per heavy atom. The van der Waals surface area contributed by atoms with E-state index in [4.69, 9.17) is 5.11 Å². The van der Waals surface area contributed by atoms with Crippen molar-refractivity contribution < 1.29 is 14.7 Å². The molecule has 0 unspecified atom stereocenters. The van der Waals surface area contributed by atoms with Crippen LogP contribution in [-0.2, 0) is 16.0 Å². The van der Waals surface area contributed by atoms with E-state index in [1.807, 2.05) is 24.3 Å². The third kappa shape index (κ3) is 5.42. The molecule has 1 aliphatic rings. The molecule has 4 nitrogen and oxygen atoms in total. The van der Waals surface area contributed by atoms with Crippen molar-refractivity contribution in [3.63, 3.8) is 0 Å². The quantitative estimate of drug-likeness (QED) is 0.786. The number of carbonyl (C=O) groups excluding carboxylic acids is 1. The fraction of sp³-hybridized carbons (Fsp3) is 0.412. The van der Waals surface area contributed by atoms with Crippen molar-refractivity contribution in [1.82, 2.24) is 0 Å². The third-order valence-electron chi connectivity index (χ3n) is 3.61. The van der Waals surface area contributed by atoms with Crippen LogP contribution in [0, 0.1) is 0 Å². The Kier molecular flexibility index (Phi) is 5.55. The van der Waals surface area contributed by atoms with Crippen LogP contribution in [-0.4, -0.2) is 17.0 Å². The molecular weight excluding hydrogens is 266 g/mol. The van der Waals surface area contributed by atoms with Gasteiger partial charge in [-0.15, -0.1) is 0 Å². The predicted octanol–water partition coefficient (Wildman–Crippen LogP) is 3.53. The Balaban J connectivity index is 1.89. The SMILES string of the molecule is O=C(O)CCc1cccc(NC(=O)CC2=CCCCC2)c1. The molecule has 0 saturated heterocycles. The van der Waals surface area contributed by atoms with Crippen molar-refractivity contribution in [2.24, 2.45) is 0 Å². The minimum absolute atomic E-state index is 0.00136. The van der Waals surface area contributed by atoms with Crippen LogP contribution in [0.5, 0.6) is 0 Å². The molecule has 0 atom stereocenters. The second-order valence-electron chi connectivity index (χ2n) is 5.43. The van der Waals surface area contributed by atoms with Gasteiger partial charge in [0.15, 0.2) is 0 Å². The summed E-state index contributed by atoms with van der Waals surface area (Å²) in [6, 6.07) is 7.39. The molecule has 2 N–H and O–H groups in total. The summed E-state index contributed by atoms with van der Waals surface area (Å²) in [5.41, 5.74) is 2.88. The molecule has 1 aromatic carbocycles. The minimum Gasteiger partial charge on any atom is -0.481 e. The lowest BCUT2D eigenvalue weighted by atomic mass is 9.97. The number of benzene rings is 1. The molecule has 1 aliphatic carbocycles. The predicted molar refractivity (Wildman–Crippen MR) is 82.2 cm³/mol. The number of carboxylic acid groups (broad SMARTS) is 1. The van der Waals surface area contributed by atoms with Gasteiger partial charge in [0.05, 0.1) is 0 Å². The van der Waals surface area contributed by atoms with Crippen LogP contribution in [0.2, 0.25) is 0 Å². The Morgan fingerprint density at radius 1 is 1.24 bits per heavy atom. The van der Waals surface area contributed by atoms with Gasteiger partial charge in [0.2, 0.25) is 5.91 Å². The van der Waals surface area contributed by atoms with E-state index in [2.05, 4.69) is 11.4 Å². The summed E-state index contributed by atoms with van der Waals surface area (Å²) in [4.78, 5) is 22.6. The van der Waals surface area contributed by atoms with Crippen LogP contribution in [0.15, 0.2) is 35.9 Å². The first-order valence-corrected chi connectivity index (χ1v) is 7.42. The monoisotopic (exact) mass is 287 g/mol. The maximum Gasteiger partial charge on any atom is 0.303 e. The maximum atomic E-state index is 12.0. The average molecular weight is 287 g/mol. The number of carboxylic acids is 1. The van der Waals surface area contributed by atoms with Crippen molar-refractivity contribution in [2.45, 2.75) is 44.9 Å². The molecule has 1 aromatic rings. The average Bonchev–Trinajstić information content (AvgIpc) is 2.46. The number of allylic oxidation sites excluding steroid dienone is 1. The van der Waals surface area contributed by atoms with Gasteiger partial charge in [-0.2, -0.15) is 0 Å². The van der Waals surface area contributed by atoms with Crippen LogP contribution in [0.4, 0.5) is 5.69 Å². The highest BCUT2D eigenvalue weighted by atomic mass is 16.4. The van der Waals surface area contributed by atoms with Gasteiger partial charge in [-0.1, -0.05) is 23.8 Å². The lowest BCUT2D eigenvalue weighted by Crippen LogP contribution is -2.13. The summed E-state index contributed by atoms with van der Waals surface area (Å²) in [5, 5.41) is 11.6. The van der Waals surface area contributed by atoms with Gasteiger partial charge in [0.1, 0.15) is 0 Å². The fourth-order valence-corrected chi connectivity index (χ4v) is 2.53. The summed E-state index contributed by atoms with van der Waals surface area (Å²) in [7, 11) is 0. The first-order chi connectivity index (χ1) is 10.1. The minimum atomic E-state index is -0.811. The zero-order valence-electron chi connectivity index (χ0n) is 12.1. The van der Waals surface area contributed by atoms with Crippen LogP contribution in [0.25, 0.3) is 0 Å². The number of aliphatic carboxylic acids is 1. The zero-order valence-corrected chi connectivity index (χ0v) is 12.1. The summed E-state index contributed by atoms with van der Waals surface area (Å²) >= 11 is 0. The third-order valence-corrected chi connectivity index (χ3v) is 3.61. The Hall–Kier alpha value is -2.10. The first kappa shape index (κ1) is 15.3. The molecule has 2 rings (SSSR count). The first-order valence-electron chi connectivity index (χ1n) is 7.42. The van der Waals surface area contributed by atoms with Crippen LogP contribution < -0.4 is 5.32 Å². The molecule has 0 saturated carbocycles. The molecule has 4 heteroatoms. The number of hydrogen-bond acceptors (Lipinski definition) is 2. The Bertz CT molecular complexity index is 549. The fourth-order valence-electron chi connectivity index (χ4n) is 2.53. The molecule has 0 fully saturated rings. The van der Waals surface area contributed by atoms with Crippen LogP contribution >= 0.6 is 0 Å². The zero-order chi connectivity index (χ0) is 15.1. The van der Waals surface area contributed by atoms with Gasteiger partial charge in [-0.3, -0.25) is 9.59 Å². The van der Waals surface area contributed by atoms with Gasteiger partial charge >= 0.3 is 5.97 Å². The van der Waals surface area contributed by atoms with Gasteiger partial charge in [0.25, 0.3) is 0 Å². The Labute approximate surface area is 124 Å². The highest BCUT2D eigenvalue weighted by molar-refractivity contribution is 5.92.